The van der Waals surface area contributed by atoms with Crippen LogP contribution < -0.4 is 10.6 Å². The highest BCUT2D eigenvalue weighted by Gasteiger charge is 2.04. The number of likely N-dealkylation sites (N-methyl/N-ethyl adjacent to an activating group) is 1. The molecule has 0 aromatic carbocycles. The molecule has 1 aromatic heterocycles. The van der Waals surface area contributed by atoms with E-state index in [0.29, 0.717) is 0 Å². The van der Waals surface area contributed by atoms with E-state index in [4.69, 9.17) is 10.5 Å². The van der Waals surface area contributed by atoms with Gasteiger partial charge in [-0.2, -0.15) is 0 Å². The summed E-state index contributed by atoms with van der Waals surface area (Å²) in [7, 11) is 2.03. The molecule has 0 unspecified atom stereocenters. The van der Waals surface area contributed by atoms with Crippen LogP contribution in [0.2, 0.25) is 0 Å². The van der Waals surface area contributed by atoms with Crippen LogP contribution in [-0.4, -0.2) is 31.3 Å². The Labute approximate surface area is 104 Å². The van der Waals surface area contributed by atoms with Crippen LogP contribution in [0.4, 0.5) is 5.69 Å². The average Bonchev–Trinajstić information content (AvgIpc) is 2.28. The van der Waals surface area contributed by atoms with Gasteiger partial charge in [0.05, 0.1) is 30.3 Å². The lowest BCUT2D eigenvalue weighted by atomic mass is 10.2. The van der Waals surface area contributed by atoms with Crippen molar-refractivity contribution in [2.75, 3.05) is 25.1 Å². The zero-order valence-corrected chi connectivity index (χ0v) is 11.2. The third-order valence-corrected chi connectivity index (χ3v) is 2.56. The van der Waals surface area contributed by atoms with Gasteiger partial charge in [0, 0.05) is 19.6 Å². The molecule has 0 aliphatic rings. The molecule has 2 N–H and O–H groups in total. The number of nitrogens with zero attached hydrogens (tertiary/aromatic N) is 2. The number of pyridine rings is 1. The number of rotatable bonds is 6. The molecule has 0 bridgehead atoms. The van der Waals surface area contributed by atoms with E-state index >= 15 is 0 Å². The Kier molecular flexibility index (Phi) is 5.38. The standard InChI is InChI=1S/C13H23N3O/c1-10(2)17-8-7-16(4)12-5-6-13(11(3)14)15-9-12/h5-6,9-11H,7-8,14H2,1-4H3/t11-/m1/s1. The third kappa shape index (κ3) is 4.71. The monoisotopic (exact) mass is 237 g/mol. The SMILES string of the molecule is CC(C)OCCN(C)c1ccc([C@@H](C)N)nc1. The van der Waals surface area contributed by atoms with Gasteiger partial charge >= 0.3 is 0 Å². The van der Waals surface area contributed by atoms with Gasteiger partial charge in [-0.25, -0.2) is 0 Å². The summed E-state index contributed by atoms with van der Waals surface area (Å²) in [4.78, 5) is 6.46. The first-order valence-electron chi connectivity index (χ1n) is 6.05. The van der Waals surface area contributed by atoms with E-state index in [0.717, 1.165) is 24.5 Å². The molecule has 1 aromatic rings. The van der Waals surface area contributed by atoms with Gasteiger partial charge < -0.3 is 15.4 Å². The predicted octanol–water partition coefficient (Wildman–Crippen LogP) is 1.96. The zero-order chi connectivity index (χ0) is 12.8. The van der Waals surface area contributed by atoms with Crippen LogP contribution in [0, 0.1) is 0 Å². The van der Waals surface area contributed by atoms with E-state index in [-0.39, 0.29) is 12.1 Å². The summed E-state index contributed by atoms with van der Waals surface area (Å²) in [6, 6.07) is 4.00. The first-order valence-corrected chi connectivity index (χ1v) is 6.05. The lowest BCUT2D eigenvalue weighted by Gasteiger charge is -2.20. The summed E-state index contributed by atoms with van der Waals surface area (Å²) >= 11 is 0. The second-order valence-corrected chi connectivity index (χ2v) is 4.57. The van der Waals surface area contributed by atoms with Crippen LogP contribution in [0.15, 0.2) is 18.3 Å². The minimum absolute atomic E-state index is 0.0152. The van der Waals surface area contributed by atoms with Gasteiger partial charge in [0.2, 0.25) is 0 Å². The highest BCUT2D eigenvalue weighted by Crippen LogP contribution is 2.13. The van der Waals surface area contributed by atoms with Gasteiger partial charge in [-0.1, -0.05) is 0 Å². The van der Waals surface area contributed by atoms with Crippen molar-refractivity contribution in [3.8, 4) is 0 Å². The lowest BCUT2D eigenvalue weighted by molar-refractivity contribution is 0.0846. The highest BCUT2D eigenvalue weighted by molar-refractivity contribution is 5.43. The second kappa shape index (κ2) is 6.57. The first-order chi connectivity index (χ1) is 8.00. The summed E-state index contributed by atoms with van der Waals surface area (Å²) in [6.07, 6.45) is 2.13. The molecule has 4 nitrogen and oxygen atoms in total. The molecule has 0 aliphatic carbocycles. The summed E-state index contributed by atoms with van der Waals surface area (Å²) < 4.78 is 5.51. The zero-order valence-electron chi connectivity index (χ0n) is 11.2. The van der Waals surface area contributed by atoms with Crippen molar-refractivity contribution in [3.05, 3.63) is 24.0 Å². The van der Waals surface area contributed by atoms with Gasteiger partial charge in [0.15, 0.2) is 0 Å². The fourth-order valence-corrected chi connectivity index (χ4v) is 1.45. The normalized spacial score (nSPS) is 12.8. The topological polar surface area (TPSA) is 51.4 Å². The van der Waals surface area contributed by atoms with Crippen LogP contribution >= 0.6 is 0 Å². The molecule has 0 amide bonds. The van der Waals surface area contributed by atoms with Gasteiger partial charge in [0.1, 0.15) is 0 Å². The van der Waals surface area contributed by atoms with Crippen LogP contribution in [0.1, 0.15) is 32.5 Å². The maximum atomic E-state index is 5.76. The fraction of sp³-hybridized carbons (Fsp3) is 0.615. The molecule has 0 radical (unpaired) electrons. The molecule has 17 heavy (non-hydrogen) atoms. The number of nitrogens with two attached hydrogens (primary N) is 1. The molecule has 96 valence electrons. The van der Waals surface area contributed by atoms with Crippen molar-refractivity contribution < 1.29 is 4.74 Å². The minimum atomic E-state index is -0.0152. The number of hydrogen-bond acceptors (Lipinski definition) is 4. The summed E-state index contributed by atoms with van der Waals surface area (Å²) in [5.41, 5.74) is 7.76. The Bertz CT molecular complexity index is 322. The smallest absolute Gasteiger partial charge is 0.0644 e. The maximum Gasteiger partial charge on any atom is 0.0644 e. The number of anilines is 1. The van der Waals surface area contributed by atoms with Gasteiger partial charge in [-0.15, -0.1) is 0 Å². The van der Waals surface area contributed by atoms with Crippen molar-refractivity contribution in [2.45, 2.75) is 32.9 Å². The van der Waals surface area contributed by atoms with Gasteiger partial charge in [-0.3, -0.25) is 4.98 Å². The first kappa shape index (κ1) is 13.9. The molecule has 0 fully saturated rings. The van der Waals surface area contributed by atoms with Crippen LogP contribution in [0.25, 0.3) is 0 Å². The summed E-state index contributed by atoms with van der Waals surface area (Å²) in [5, 5.41) is 0. The molecule has 4 heteroatoms. The quantitative estimate of drug-likeness (QED) is 0.821. The molecule has 1 rings (SSSR count). The van der Waals surface area contributed by atoms with Crippen molar-refractivity contribution in [3.63, 3.8) is 0 Å². The molecule has 0 aliphatic heterocycles. The predicted molar refractivity (Wildman–Crippen MR) is 71.2 cm³/mol. The van der Waals surface area contributed by atoms with E-state index in [2.05, 4.69) is 9.88 Å². The van der Waals surface area contributed by atoms with E-state index in [1.807, 2.05) is 46.1 Å². The second-order valence-electron chi connectivity index (χ2n) is 4.57. The van der Waals surface area contributed by atoms with E-state index in [1.54, 1.807) is 0 Å². The number of aromatic nitrogens is 1. The highest BCUT2D eigenvalue weighted by atomic mass is 16.5. The lowest BCUT2D eigenvalue weighted by Crippen LogP contribution is -2.24. The van der Waals surface area contributed by atoms with Crippen LogP contribution in [-0.2, 0) is 4.74 Å². The van der Waals surface area contributed by atoms with Crippen LogP contribution in [0.5, 0.6) is 0 Å². The molecule has 1 atom stereocenters. The Hall–Kier alpha value is -1.13. The van der Waals surface area contributed by atoms with Crippen molar-refractivity contribution >= 4 is 5.69 Å². The molecule has 0 spiro atoms. The fourth-order valence-electron chi connectivity index (χ4n) is 1.45. The number of hydrogen-bond donors (Lipinski definition) is 1. The Balaban J connectivity index is 2.48. The summed E-state index contributed by atoms with van der Waals surface area (Å²) in [6.45, 7) is 7.60. The number of ether oxygens (including phenoxy) is 1. The Morgan fingerprint density at radius 2 is 2.06 bits per heavy atom. The maximum absolute atomic E-state index is 5.76. The van der Waals surface area contributed by atoms with Gasteiger partial charge in [0.25, 0.3) is 0 Å². The minimum Gasteiger partial charge on any atom is -0.377 e. The van der Waals surface area contributed by atoms with E-state index in [9.17, 15) is 0 Å². The summed E-state index contributed by atoms with van der Waals surface area (Å²) in [5.74, 6) is 0. The molecule has 0 saturated carbocycles. The molecular formula is C13H23N3O. The molecule has 1 heterocycles. The average molecular weight is 237 g/mol. The third-order valence-electron chi connectivity index (χ3n) is 2.56. The van der Waals surface area contributed by atoms with E-state index < -0.39 is 0 Å². The van der Waals surface area contributed by atoms with Crippen molar-refractivity contribution in [2.24, 2.45) is 5.73 Å². The Morgan fingerprint density at radius 3 is 2.53 bits per heavy atom. The molecule has 0 saturated heterocycles. The van der Waals surface area contributed by atoms with Gasteiger partial charge in [-0.05, 0) is 32.9 Å². The largest absolute Gasteiger partial charge is 0.377 e. The van der Waals surface area contributed by atoms with E-state index in [1.165, 1.54) is 0 Å². The Morgan fingerprint density at radius 1 is 1.35 bits per heavy atom. The van der Waals surface area contributed by atoms with Crippen molar-refractivity contribution in [1.82, 2.24) is 4.98 Å². The molecular weight excluding hydrogens is 214 g/mol. The van der Waals surface area contributed by atoms with Crippen LogP contribution in [0.3, 0.4) is 0 Å². The van der Waals surface area contributed by atoms with Crippen molar-refractivity contribution in [1.29, 1.82) is 0 Å².